The van der Waals surface area contributed by atoms with Crippen molar-refractivity contribution in [1.29, 1.82) is 5.26 Å². The van der Waals surface area contributed by atoms with Gasteiger partial charge in [0.1, 0.15) is 23.7 Å². The van der Waals surface area contributed by atoms with Crippen molar-refractivity contribution in [3.63, 3.8) is 0 Å². The summed E-state index contributed by atoms with van der Waals surface area (Å²) in [4.78, 5) is 33.2. The lowest BCUT2D eigenvalue weighted by molar-refractivity contribution is -0.140. The summed E-state index contributed by atoms with van der Waals surface area (Å²) in [6.07, 6.45) is 3.14. The standard InChI is InChI=1S/C12H17N3O5S/c1-7(11(17)18)15-10(16)8(5-13)6-14-9(12(19)20)3-4-21-2/h6-7,9,14H,3-4H2,1-2H3,(H,15,16)(H,17,18)(H,19,20)/b8-6-. The van der Waals surface area contributed by atoms with Gasteiger partial charge in [0, 0.05) is 6.20 Å². The van der Waals surface area contributed by atoms with Crippen molar-refractivity contribution in [2.45, 2.75) is 25.4 Å². The molecule has 0 heterocycles. The molecule has 0 rings (SSSR count). The first-order valence-electron chi connectivity index (χ1n) is 5.95. The van der Waals surface area contributed by atoms with Crippen molar-refractivity contribution >= 4 is 29.6 Å². The fourth-order valence-electron chi connectivity index (χ4n) is 1.18. The number of carbonyl (C=O) groups is 3. The van der Waals surface area contributed by atoms with Crippen molar-refractivity contribution in [2.24, 2.45) is 0 Å². The molecule has 4 N–H and O–H groups in total. The maximum absolute atomic E-state index is 11.6. The maximum Gasteiger partial charge on any atom is 0.326 e. The number of carboxylic acid groups (broad SMARTS) is 2. The minimum absolute atomic E-state index is 0.318. The zero-order valence-corrected chi connectivity index (χ0v) is 12.4. The Morgan fingerprint density at radius 2 is 1.95 bits per heavy atom. The van der Waals surface area contributed by atoms with E-state index in [-0.39, 0.29) is 0 Å². The zero-order chi connectivity index (χ0) is 16.4. The van der Waals surface area contributed by atoms with E-state index in [4.69, 9.17) is 15.5 Å². The second-order valence-corrected chi connectivity index (χ2v) is 5.03. The van der Waals surface area contributed by atoms with Crippen LogP contribution in [0, 0.1) is 11.3 Å². The summed E-state index contributed by atoms with van der Waals surface area (Å²) in [7, 11) is 0. The molecule has 0 fully saturated rings. The Hall–Kier alpha value is -2.21. The van der Waals surface area contributed by atoms with Crippen LogP contribution in [0.4, 0.5) is 0 Å². The predicted molar refractivity (Wildman–Crippen MR) is 76.5 cm³/mol. The first-order valence-corrected chi connectivity index (χ1v) is 7.34. The number of carboxylic acids is 2. The fourth-order valence-corrected chi connectivity index (χ4v) is 1.65. The van der Waals surface area contributed by atoms with Gasteiger partial charge in [0.15, 0.2) is 0 Å². The Labute approximate surface area is 126 Å². The number of amides is 1. The highest BCUT2D eigenvalue weighted by atomic mass is 32.2. The molecular weight excluding hydrogens is 298 g/mol. The number of nitrogens with zero attached hydrogens (tertiary/aromatic N) is 1. The second kappa shape index (κ2) is 9.66. The summed E-state index contributed by atoms with van der Waals surface area (Å²) < 4.78 is 0. The SMILES string of the molecule is CSCCC(N/C=C(/C#N)C(=O)NC(C)C(=O)O)C(=O)O. The van der Waals surface area contributed by atoms with E-state index in [0.717, 1.165) is 6.20 Å². The lowest BCUT2D eigenvalue weighted by atomic mass is 10.2. The van der Waals surface area contributed by atoms with E-state index in [1.165, 1.54) is 18.7 Å². The molecule has 0 aliphatic carbocycles. The smallest absolute Gasteiger partial charge is 0.326 e. The maximum atomic E-state index is 11.6. The lowest BCUT2D eigenvalue weighted by Gasteiger charge is -2.13. The first-order chi connectivity index (χ1) is 9.83. The van der Waals surface area contributed by atoms with Crippen LogP contribution in [0.15, 0.2) is 11.8 Å². The number of thioether (sulfide) groups is 1. The van der Waals surface area contributed by atoms with E-state index in [2.05, 4.69) is 10.6 Å². The summed E-state index contributed by atoms with van der Waals surface area (Å²) in [6, 6.07) is -0.485. The van der Waals surface area contributed by atoms with E-state index in [1.807, 2.05) is 6.26 Å². The Balaban J connectivity index is 4.77. The van der Waals surface area contributed by atoms with Crippen molar-refractivity contribution in [3.8, 4) is 6.07 Å². The summed E-state index contributed by atoms with van der Waals surface area (Å²) >= 11 is 1.47. The van der Waals surface area contributed by atoms with Crippen molar-refractivity contribution in [3.05, 3.63) is 11.8 Å². The third kappa shape index (κ3) is 7.22. The van der Waals surface area contributed by atoms with E-state index >= 15 is 0 Å². The number of aliphatic carboxylic acids is 2. The molecule has 8 nitrogen and oxygen atoms in total. The third-order valence-electron chi connectivity index (χ3n) is 2.42. The molecule has 21 heavy (non-hydrogen) atoms. The molecule has 9 heteroatoms. The normalized spacial score (nSPS) is 13.7. The molecule has 2 unspecified atom stereocenters. The predicted octanol–water partition coefficient (Wildman–Crippen LogP) is -0.221. The molecule has 0 radical (unpaired) electrons. The van der Waals surface area contributed by atoms with Crippen LogP contribution in [-0.2, 0) is 14.4 Å². The van der Waals surface area contributed by atoms with Gasteiger partial charge in [-0.15, -0.1) is 0 Å². The third-order valence-corrected chi connectivity index (χ3v) is 3.06. The van der Waals surface area contributed by atoms with Crippen LogP contribution < -0.4 is 10.6 Å². The highest BCUT2D eigenvalue weighted by Crippen LogP contribution is 2.02. The van der Waals surface area contributed by atoms with Crippen molar-refractivity contribution in [1.82, 2.24) is 10.6 Å². The Bertz CT molecular complexity index is 472. The number of rotatable bonds is 9. The van der Waals surface area contributed by atoms with Gasteiger partial charge in [-0.25, -0.2) is 4.79 Å². The van der Waals surface area contributed by atoms with Gasteiger partial charge in [0.2, 0.25) is 0 Å². The second-order valence-electron chi connectivity index (χ2n) is 4.04. The molecular formula is C12H17N3O5S. The van der Waals surface area contributed by atoms with E-state index in [1.54, 1.807) is 6.07 Å². The van der Waals surface area contributed by atoms with Gasteiger partial charge in [-0.1, -0.05) is 0 Å². The average molecular weight is 315 g/mol. The van der Waals surface area contributed by atoms with Gasteiger partial charge < -0.3 is 20.8 Å². The molecule has 0 aliphatic heterocycles. The van der Waals surface area contributed by atoms with Crippen LogP contribution in [-0.4, -0.2) is 52.2 Å². The molecule has 0 aromatic heterocycles. The largest absolute Gasteiger partial charge is 0.480 e. The summed E-state index contributed by atoms with van der Waals surface area (Å²) in [5, 5.41) is 31.1. The van der Waals surface area contributed by atoms with Gasteiger partial charge in [-0.3, -0.25) is 9.59 Å². The van der Waals surface area contributed by atoms with Gasteiger partial charge in [-0.2, -0.15) is 17.0 Å². The summed E-state index contributed by atoms with van der Waals surface area (Å²) in [6.45, 7) is 1.25. The fraction of sp³-hybridized carbons (Fsp3) is 0.500. The van der Waals surface area contributed by atoms with Gasteiger partial charge in [0.25, 0.3) is 5.91 Å². The number of carbonyl (C=O) groups excluding carboxylic acids is 1. The molecule has 2 atom stereocenters. The van der Waals surface area contributed by atoms with Crippen LogP contribution in [0.2, 0.25) is 0 Å². The molecule has 0 aromatic rings. The van der Waals surface area contributed by atoms with Gasteiger partial charge in [-0.05, 0) is 25.4 Å². The molecule has 0 spiro atoms. The lowest BCUT2D eigenvalue weighted by Crippen LogP contribution is -2.40. The number of hydrogen-bond acceptors (Lipinski definition) is 6. The first kappa shape index (κ1) is 18.8. The van der Waals surface area contributed by atoms with Crippen LogP contribution >= 0.6 is 11.8 Å². The summed E-state index contributed by atoms with van der Waals surface area (Å²) in [5.41, 5.74) is -0.390. The van der Waals surface area contributed by atoms with Gasteiger partial charge in [0.05, 0.1) is 0 Å². The van der Waals surface area contributed by atoms with Crippen LogP contribution in [0.1, 0.15) is 13.3 Å². The summed E-state index contributed by atoms with van der Waals surface area (Å²) in [5.74, 6) is -2.62. The highest BCUT2D eigenvalue weighted by Gasteiger charge is 2.19. The number of hydrogen-bond donors (Lipinski definition) is 4. The minimum Gasteiger partial charge on any atom is -0.480 e. The van der Waals surface area contributed by atoms with Crippen LogP contribution in [0.3, 0.4) is 0 Å². The Morgan fingerprint density at radius 3 is 2.38 bits per heavy atom. The molecule has 0 saturated heterocycles. The van der Waals surface area contributed by atoms with E-state index in [9.17, 15) is 14.4 Å². The zero-order valence-electron chi connectivity index (χ0n) is 11.6. The monoisotopic (exact) mass is 315 g/mol. The van der Waals surface area contributed by atoms with Crippen LogP contribution in [0.5, 0.6) is 0 Å². The quantitative estimate of drug-likeness (QED) is 0.338. The van der Waals surface area contributed by atoms with E-state index in [0.29, 0.717) is 12.2 Å². The topological polar surface area (TPSA) is 140 Å². The number of nitriles is 1. The molecule has 0 saturated carbocycles. The Kier molecular flexibility index (Phi) is 8.64. The molecule has 0 bridgehead atoms. The van der Waals surface area contributed by atoms with E-state index < -0.39 is 35.5 Å². The Morgan fingerprint density at radius 1 is 1.33 bits per heavy atom. The average Bonchev–Trinajstić information content (AvgIpc) is 2.41. The highest BCUT2D eigenvalue weighted by molar-refractivity contribution is 7.98. The minimum atomic E-state index is -1.24. The molecule has 0 aliphatic rings. The van der Waals surface area contributed by atoms with Crippen LogP contribution in [0.25, 0.3) is 0 Å². The van der Waals surface area contributed by atoms with Crippen molar-refractivity contribution in [2.75, 3.05) is 12.0 Å². The van der Waals surface area contributed by atoms with Gasteiger partial charge >= 0.3 is 11.9 Å². The number of nitrogens with one attached hydrogen (secondary N) is 2. The molecule has 116 valence electrons. The van der Waals surface area contributed by atoms with Crippen molar-refractivity contribution < 1.29 is 24.6 Å². The molecule has 1 amide bonds. The molecule has 0 aromatic carbocycles.